The minimum Gasteiger partial charge on any atom is -0.309 e. The van der Waals surface area contributed by atoms with Gasteiger partial charge in [0.05, 0.1) is 12.5 Å². The Morgan fingerprint density at radius 3 is 2.81 bits per heavy atom. The van der Waals surface area contributed by atoms with E-state index in [0.29, 0.717) is 13.0 Å². The van der Waals surface area contributed by atoms with Gasteiger partial charge in [-0.3, -0.25) is 0 Å². The Balaban J connectivity index is 2.57. The number of halogens is 1. The van der Waals surface area contributed by atoms with Crippen molar-refractivity contribution >= 4 is 0 Å². The molecule has 1 aromatic carbocycles. The van der Waals surface area contributed by atoms with Crippen LogP contribution in [0.4, 0.5) is 4.39 Å². The zero-order valence-corrected chi connectivity index (χ0v) is 9.76. The SMILES string of the molecule is CCC(CC#N)NCc1ccc(F)cc1C. The molecule has 86 valence electrons. The van der Waals surface area contributed by atoms with Crippen molar-refractivity contribution in [1.29, 1.82) is 5.26 Å². The fourth-order valence-corrected chi connectivity index (χ4v) is 1.58. The average molecular weight is 220 g/mol. The van der Waals surface area contributed by atoms with Crippen LogP contribution in [0.1, 0.15) is 30.9 Å². The molecule has 0 amide bonds. The largest absolute Gasteiger partial charge is 0.309 e. The van der Waals surface area contributed by atoms with Gasteiger partial charge in [-0.1, -0.05) is 13.0 Å². The zero-order valence-electron chi connectivity index (χ0n) is 9.76. The lowest BCUT2D eigenvalue weighted by atomic mass is 10.1. The smallest absolute Gasteiger partial charge is 0.123 e. The normalized spacial score (nSPS) is 12.1. The molecule has 3 heteroatoms. The van der Waals surface area contributed by atoms with Gasteiger partial charge in [-0.25, -0.2) is 4.39 Å². The van der Waals surface area contributed by atoms with Crippen LogP contribution in [-0.4, -0.2) is 6.04 Å². The fraction of sp³-hybridized carbons (Fsp3) is 0.462. The van der Waals surface area contributed by atoms with Crippen molar-refractivity contribution in [2.75, 3.05) is 0 Å². The summed E-state index contributed by atoms with van der Waals surface area (Å²) < 4.78 is 12.9. The van der Waals surface area contributed by atoms with Crippen LogP contribution in [0.5, 0.6) is 0 Å². The third-order valence-electron chi connectivity index (χ3n) is 2.72. The van der Waals surface area contributed by atoms with Crippen LogP contribution in [0.2, 0.25) is 0 Å². The van der Waals surface area contributed by atoms with Gasteiger partial charge in [0, 0.05) is 12.6 Å². The van der Waals surface area contributed by atoms with Crippen molar-refractivity contribution in [2.24, 2.45) is 0 Å². The van der Waals surface area contributed by atoms with E-state index in [1.54, 1.807) is 6.07 Å². The Hall–Kier alpha value is -1.40. The van der Waals surface area contributed by atoms with E-state index < -0.39 is 0 Å². The Labute approximate surface area is 96.1 Å². The van der Waals surface area contributed by atoms with Crippen molar-refractivity contribution in [3.05, 3.63) is 35.1 Å². The number of hydrogen-bond donors (Lipinski definition) is 1. The Morgan fingerprint density at radius 1 is 1.50 bits per heavy atom. The summed E-state index contributed by atoms with van der Waals surface area (Å²) in [6.45, 7) is 4.63. The first-order chi connectivity index (χ1) is 7.67. The summed E-state index contributed by atoms with van der Waals surface area (Å²) in [5, 5.41) is 11.9. The number of nitriles is 1. The van der Waals surface area contributed by atoms with E-state index >= 15 is 0 Å². The molecule has 1 unspecified atom stereocenters. The predicted molar refractivity (Wildman–Crippen MR) is 62.3 cm³/mol. The number of nitrogens with one attached hydrogen (secondary N) is 1. The third kappa shape index (κ3) is 3.63. The molecule has 0 fully saturated rings. The van der Waals surface area contributed by atoms with Gasteiger partial charge in [-0.15, -0.1) is 0 Å². The van der Waals surface area contributed by atoms with Gasteiger partial charge in [-0.05, 0) is 36.6 Å². The highest BCUT2D eigenvalue weighted by molar-refractivity contribution is 5.26. The van der Waals surface area contributed by atoms with Crippen molar-refractivity contribution in [2.45, 2.75) is 39.3 Å². The van der Waals surface area contributed by atoms with Gasteiger partial charge in [0.15, 0.2) is 0 Å². The number of hydrogen-bond acceptors (Lipinski definition) is 2. The lowest BCUT2D eigenvalue weighted by Gasteiger charge is -2.14. The molecule has 0 aliphatic heterocycles. The molecular formula is C13H17FN2. The Kier molecular flexibility index (Phi) is 4.94. The fourth-order valence-electron chi connectivity index (χ4n) is 1.58. The maximum absolute atomic E-state index is 12.9. The van der Waals surface area contributed by atoms with E-state index in [4.69, 9.17) is 5.26 Å². The zero-order chi connectivity index (χ0) is 12.0. The van der Waals surface area contributed by atoms with Crippen LogP contribution >= 0.6 is 0 Å². The van der Waals surface area contributed by atoms with Crippen molar-refractivity contribution in [3.63, 3.8) is 0 Å². The number of aryl methyl sites for hydroxylation is 1. The van der Waals surface area contributed by atoms with Gasteiger partial charge >= 0.3 is 0 Å². The number of rotatable bonds is 5. The molecule has 0 saturated carbocycles. The molecule has 0 spiro atoms. The maximum Gasteiger partial charge on any atom is 0.123 e. The van der Waals surface area contributed by atoms with E-state index in [9.17, 15) is 4.39 Å². The van der Waals surface area contributed by atoms with Gasteiger partial charge < -0.3 is 5.32 Å². The van der Waals surface area contributed by atoms with E-state index in [-0.39, 0.29) is 11.9 Å². The number of benzene rings is 1. The van der Waals surface area contributed by atoms with Crippen molar-refractivity contribution < 1.29 is 4.39 Å². The second kappa shape index (κ2) is 6.24. The molecule has 0 aliphatic rings. The predicted octanol–water partition coefficient (Wildman–Crippen LogP) is 2.92. The van der Waals surface area contributed by atoms with Crippen LogP contribution in [0, 0.1) is 24.1 Å². The molecule has 0 radical (unpaired) electrons. The van der Waals surface area contributed by atoms with Crippen LogP contribution in [0.25, 0.3) is 0 Å². The lowest BCUT2D eigenvalue weighted by Crippen LogP contribution is -2.27. The number of nitrogens with zero attached hydrogens (tertiary/aromatic N) is 1. The summed E-state index contributed by atoms with van der Waals surface area (Å²) in [4.78, 5) is 0. The molecule has 0 heterocycles. The summed E-state index contributed by atoms with van der Waals surface area (Å²) in [7, 11) is 0. The quantitative estimate of drug-likeness (QED) is 0.828. The second-order valence-corrected chi connectivity index (χ2v) is 3.92. The van der Waals surface area contributed by atoms with Gasteiger partial charge in [0.1, 0.15) is 5.82 Å². The molecule has 0 aromatic heterocycles. The van der Waals surface area contributed by atoms with Crippen LogP contribution in [0.3, 0.4) is 0 Å². The average Bonchev–Trinajstić information content (AvgIpc) is 2.26. The highest BCUT2D eigenvalue weighted by Crippen LogP contribution is 2.10. The lowest BCUT2D eigenvalue weighted by molar-refractivity contribution is 0.503. The first-order valence-electron chi connectivity index (χ1n) is 5.52. The second-order valence-electron chi connectivity index (χ2n) is 3.92. The van der Waals surface area contributed by atoms with E-state index in [2.05, 4.69) is 11.4 Å². The van der Waals surface area contributed by atoms with Crippen LogP contribution in [0.15, 0.2) is 18.2 Å². The summed E-state index contributed by atoms with van der Waals surface area (Å²) >= 11 is 0. The van der Waals surface area contributed by atoms with E-state index in [1.807, 2.05) is 13.8 Å². The maximum atomic E-state index is 12.9. The highest BCUT2D eigenvalue weighted by Gasteiger charge is 2.06. The van der Waals surface area contributed by atoms with Gasteiger partial charge in [0.25, 0.3) is 0 Å². The van der Waals surface area contributed by atoms with Crippen molar-refractivity contribution in [1.82, 2.24) is 5.32 Å². The Bertz CT molecular complexity index is 382. The van der Waals surface area contributed by atoms with Gasteiger partial charge in [0.2, 0.25) is 0 Å². The topological polar surface area (TPSA) is 35.8 Å². The Morgan fingerprint density at radius 2 is 2.25 bits per heavy atom. The summed E-state index contributed by atoms with van der Waals surface area (Å²) in [5.41, 5.74) is 2.03. The minimum absolute atomic E-state index is 0.203. The summed E-state index contributed by atoms with van der Waals surface area (Å²) in [5.74, 6) is -0.203. The molecule has 1 rings (SSSR count). The standard InChI is InChI=1S/C13H17FN2/c1-3-13(6-7-15)16-9-11-4-5-12(14)8-10(11)2/h4-5,8,13,16H,3,6,9H2,1-2H3. The molecule has 1 atom stereocenters. The monoisotopic (exact) mass is 220 g/mol. The van der Waals surface area contributed by atoms with E-state index in [1.165, 1.54) is 12.1 Å². The molecule has 0 saturated heterocycles. The third-order valence-corrected chi connectivity index (χ3v) is 2.72. The molecule has 0 bridgehead atoms. The molecule has 16 heavy (non-hydrogen) atoms. The summed E-state index contributed by atoms with van der Waals surface area (Å²) in [6.07, 6.45) is 1.44. The highest BCUT2D eigenvalue weighted by atomic mass is 19.1. The van der Waals surface area contributed by atoms with Gasteiger partial charge in [-0.2, -0.15) is 5.26 Å². The molecule has 1 N–H and O–H groups in total. The molecule has 2 nitrogen and oxygen atoms in total. The van der Waals surface area contributed by atoms with Crippen LogP contribution < -0.4 is 5.32 Å². The van der Waals surface area contributed by atoms with E-state index in [0.717, 1.165) is 17.5 Å². The summed E-state index contributed by atoms with van der Waals surface area (Å²) in [6, 6.07) is 7.16. The molecule has 1 aromatic rings. The molecule has 0 aliphatic carbocycles. The minimum atomic E-state index is -0.203. The first kappa shape index (κ1) is 12.7. The molecular weight excluding hydrogens is 203 g/mol. The first-order valence-corrected chi connectivity index (χ1v) is 5.52. The van der Waals surface area contributed by atoms with Crippen LogP contribution in [-0.2, 0) is 6.54 Å². The van der Waals surface area contributed by atoms with Crippen molar-refractivity contribution in [3.8, 4) is 6.07 Å².